The van der Waals surface area contributed by atoms with E-state index in [1.54, 1.807) is 49.6 Å². The van der Waals surface area contributed by atoms with Gasteiger partial charge in [0.15, 0.2) is 0 Å². The molecule has 0 saturated carbocycles. The Hall–Kier alpha value is -4.91. The maximum absolute atomic E-state index is 15.0. The van der Waals surface area contributed by atoms with Gasteiger partial charge in [-0.3, -0.25) is 10.1 Å². The second-order valence-electron chi connectivity index (χ2n) is 10.8. The summed E-state index contributed by atoms with van der Waals surface area (Å²) in [4.78, 5) is 36.9. The minimum absolute atomic E-state index is 0.0141. The van der Waals surface area contributed by atoms with Crippen molar-refractivity contribution in [3.8, 4) is 28.1 Å². The van der Waals surface area contributed by atoms with Gasteiger partial charge >= 0.3 is 6.09 Å². The topological polar surface area (TPSA) is 146 Å². The first-order valence-corrected chi connectivity index (χ1v) is 13.4. The Balaban J connectivity index is 1.27. The average Bonchev–Trinajstić information content (AvgIpc) is 3.68. The number of aromatic amines is 1. The summed E-state index contributed by atoms with van der Waals surface area (Å²) in [5.74, 6) is -0.265. The third-order valence-corrected chi connectivity index (χ3v) is 6.91. The number of anilines is 1. The van der Waals surface area contributed by atoms with Crippen molar-refractivity contribution in [1.29, 1.82) is 0 Å². The van der Waals surface area contributed by atoms with Crippen molar-refractivity contribution in [2.24, 2.45) is 0 Å². The molecule has 0 unspecified atom stereocenters. The number of carbonyl (C=O) groups excluding carboxylic acids is 1. The first kappa shape index (κ1) is 27.3. The van der Waals surface area contributed by atoms with Crippen molar-refractivity contribution in [3.05, 3.63) is 87.8 Å². The largest absolute Gasteiger partial charge is 0.444 e. The smallest absolute Gasteiger partial charge is 0.413 e. The molecule has 0 radical (unpaired) electrons. The van der Waals surface area contributed by atoms with Crippen LogP contribution in [0.5, 0.6) is 0 Å². The molecule has 1 atom stereocenters. The molecule has 14 heteroatoms. The van der Waals surface area contributed by atoms with Gasteiger partial charge in [0.2, 0.25) is 5.95 Å². The summed E-state index contributed by atoms with van der Waals surface area (Å²) >= 11 is 6.29. The molecule has 4 aromatic heterocycles. The van der Waals surface area contributed by atoms with Crippen LogP contribution >= 0.6 is 11.6 Å². The van der Waals surface area contributed by atoms with E-state index in [2.05, 4.69) is 35.8 Å². The van der Waals surface area contributed by atoms with E-state index in [9.17, 15) is 14.0 Å². The molecule has 214 valence electrons. The number of aromatic nitrogens is 8. The standard InChI is InChI=1S/C28H25ClFN9O3/c1-28(2,3)42-27(41)35-23-9-6-18(25(30)34-23)20-13-31-26(33-20)22-8-5-17-10-15(11-24(40)39(17)22)19-12-16(29)4-7-21(19)38-14-32-36-37-38/h4,6-7,9-14,22H,5,8H2,1-3H3,(H,31,33)(H,34,35,41)/t22-/m0/s1. The lowest BCUT2D eigenvalue weighted by Gasteiger charge is -2.19. The molecular formula is C28H25ClFN9O3. The molecule has 0 spiro atoms. The summed E-state index contributed by atoms with van der Waals surface area (Å²) in [6.45, 7) is 5.18. The van der Waals surface area contributed by atoms with E-state index >= 15 is 0 Å². The number of hydrogen-bond donors (Lipinski definition) is 2. The molecule has 5 aromatic rings. The van der Waals surface area contributed by atoms with Crippen molar-refractivity contribution < 1.29 is 13.9 Å². The van der Waals surface area contributed by atoms with Gasteiger partial charge in [-0.2, -0.15) is 9.07 Å². The fourth-order valence-corrected chi connectivity index (χ4v) is 5.15. The van der Waals surface area contributed by atoms with E-state index in [1.807, 2.05) is 6.07 Å². The van der Waals surface area contributed by atoms with Crippen LogP contribution in [0.2, 0.25) is 5.02 Å². The zero-order chi connectivity index (χ0) is 29.6. The quantitative estimate of drug-likeness (QED) is 0.274. The van der Waals surface area contributed by atoms with E-state index in [1.165, 1.54) is 29.3 Å². The number of tetrazole rings is 1. The first-order chi connectivity index (χ1) is 20.1. The number of ether oxygens (including phenoxy) is 1. The van der Waals surface area contributed by atoms with Gasteiger partial charge in [-0.1, -0.05) is 11.6 Å². The lowest BCUT2D eigenvalue weighted by Crippen LogP contribution is -2.27. The molecule has 42 heavy (non-hydrogen) atoms. The monoisotopic (exact) mass is 589 g/mol. The maximum atomic E-state index is 15.0. The third kappa shape index (κ3) is 5.38. The Kier molecular flexibility index (Phi) is 6.81. The Labute approximate surface area is 243 Å². The van der Waals surface area contributed by atoms with Gasteiger partial charge in [0.25, 0.3) is 5.56 Å². The van der Waals surface area contributed by atoms with Crippen LogP contribution in [0, 0.1) is 5.95 Å². The predicted octanol–water partition coefficient (Wildman–Crippen LogP) is 4.95. The van der Waals surface area contributed by atoms with Crippen LogP contribution in [0.3, 0.4) is 0 Å². The average molecular weight is 590 g/mol. The predicted molar refractivity (Wildman–Crippen MR) is 152 cm³/mol. The molecule has 0 fully saturated rings. The zero-order valence-electron chi connectivity index (χ0n) is 22.8. The molecule has 1 aliphatic rings. The van der Waals surface area contributed by atoms with E-state index in [0.29, 0.717) is 46.2 Å². The zero-order valence-corrected chi connectivity index (χ0v) is 23.6. The molecule has 6 rings (SSSR count). The first-order valence-electron chi connectivity index (χ1n) is 13.1. The summed E-state index contributed by atoms with van der Waals surface area (Å²) in [5.41, 5.74) is 2.55. The number of amides is 1. The number of nitrogens with zero attached hydrogens (tertiary/aromatic N) is 7. The summed E-state index contributed by atoms with van der Waals surface area (Å²) in [6, 6.07) is 11.4. The van der Waals surface area contributed by atoms with Crippen molar-refractivity contribution in [2.45, 2.75) is 45.3 Å². The van der Waals surface area contributed by atoms with Crippen LogP contribution in [0.4, 0.5) is 15.0 Å². The molecule has 1 aliphatic heterocycles. The highest BCUT2D eigenvalue weighted by Gasteiger charge is 2.28. The van der Waals surface area contributed by atoms with Gasteiger partial charge < -0.3 is 14.3 Å². The molecule has 0 saturated heterocycles. The third-order valence-electron chi connectivity index (χ3n) is 6.68. The number of nitrogens with one attached hydrogen (secondary N) is 2. The molecule has 0 bridgehead atoms. The molecule has 12 nitrogen and oxygen atoms in total. The van der Waals surface area contributed by atoms with Gasteiger partial charge in [-0.05, 0) is 86.0 Å². The Morgan fingerprint density at radius 1 is 1.17 bits per heavy atom. The number of fused-ring (bicyclic) bond motifs is 1. The summed E-state index contributed by atoms with van der Waals surface area (Å²) in [6.07, 6.45) is 3.49. The minimum Gasteiger partial charge on any atom is -0.444 e. The van der Waals surface area contributed by atoms with E-state index < -0.39 is 17.6 Å². The number of aryl methyl sites for hydroxylation is 1. The van der Waals surface area contributed by atoms with Gasteiger partial charge in [-0.15, -0.1) is 5.10 Å². The molecule has 5 heterocycles. The highest BCUT2D eigenvalue weighted by molar-refractivity contribution is 6.31. The van der Waals surface area contributed by atoms with E-state index in [4.69, 9.17) is 16.3 Å². The van der Waals surface area contributed by atoms with Crippen LogP contribution in [-0.4, -0.2) is 51.4 Å². The number of pyridine rings is 2. The Morgan fingerprint density at radius 2 is 2.00 bits per heavy atom. The highest BCUT2D eigenvalue weighted by atomic mass is 35.5. The van der Waals surface area contributed by atoms with Gasteiger partial charge in [0, 0.05) is 22.3 Å². The molecule has 1 aromatic carbocycles. The van der Waals surface area contributed by atoms with Gasteiger partial charge in [-0.25, -0.2) is 14.8 Å². The lowest BCUT2D eigenvalue weighted by atomic mass is 10.0. The van der Waals surface area contributed by atoms with E-state index in [-0.39, 0.29) is 23.0 Å². The van der Waals surface area contributed by atoms with Crippen molar-refractivity contribution in [2.75, 3.05) is 5.32 Å². The fourth-order valence-electron chi connectivity index (χ4n) is 4.98. The summed E-state index contributed by atoms with van der Waals surface area (Å²) < 4.78 is 23.3. The van der Waals surface area contributed by atoms with Crippen molar-refractivity contribution >= 4 is 23.5 Å². The fraction of sp³-hybridized carbons (Fsp3) is 0.250. The lowest BCUT2D eigenvalue weighted by molar-refractivity contribution is 0.0635. The number of carbonyl (C=O) groups is 1. The van der Waals surface area contributed by atoms with Crippen LogP contribution < -0.4 is 10.9 Å². The molecule has 0 aliphatic carbocycles. The second kappa shape index (κ2) is 10.5. The number of benzene rings is 1. The molecular weight excluding hydrogens is 565 g/mol. The minimum atomic E-state index is -0.799. The second-order valence-corrected chi connectivity index (χ2v) is 11.2. The number of hydrogen-bond acceptors (Lipinski definition) is 8. The van der Waals surface area contributed by atoms with Crippen LogP contribution in [0.15, 0.2) is 59.8 Å². The number of imidazole rings is 1. The number of H-pyrrole nitrogens is 1. The molecule has 1 amide bonds. The number of halogens is 2. The summed E-state index contributed by atoms with van der Waals surface area (Å²) in [7, 11) is 0. The Morgan fingerprint density at radius 3 is 2.74 bits per heavy atom. The molecule has 2 N–H and O–H groups in total. The normalized spacial score (nSPS) is 14.5. The van der Waals surface area contributed by atoms with Crippen molar-refractivity contribution in [1.82, 2.24) is 39.7 Å². The van der Waals surface area contributed by atoms with E-state index in [0.717, 1.165) is 5.69 Å². The van der Waals surface area contributed by atoms with Gasteiger partial charge in [0.1, 0.15) is 23.6 Å². The highest BCUT2D eigenvalue weighted by Crippen LogP contribution is 2.34. The van der Waals surface area contributed by atoms with Gasteiger partial charge in [0.05, 0.1) is 29.2 Å². The summed E-state index contributed by atoms with van der Waals surface area (Å²) in [5, 5.41) is 14.3. The Bertz CT molecular complexity index is 1860. The van der Waals surface area contributed by atoms with Crippen LogP contribution in [0.25, 0.3) is 28.1 Å². The van der Waals surface area contributed by atoms with Crippen LogP contribution in [0.1, 0.15) is 44.8 Å². The van der Waals surface area contributed by atoms with Crippen LogP contribution in [-0.2, 0) is 11.2 Å². The van der Waals surface area contributed by atoms with Crippen molar-refractivity contribution in [3.63, 3.8) is 0 Å². The SMILES string of the molecule is CC(C)(C)OC(=O)Nc1ccc(-c2cnc([C@@H]3CCc4cc(-c5cc(Cl)ccc5-n5cnnn5)cc(=O)n43)[nH]2)c(F)n1. The number of rotatable bonds is 5. The maximum Gasteiger partial charge on any atom is 0.413 e.